The maximum Gasteiger partial charge on any atom is 0.416 e. The normalized spacial score (nSPS) is 11.6. The highest BCUT2D eigenvalue weighted by Gasteiger charge is 2.32. The fourth-order valence-electron chi connectivity index (χ4n) is 1.84. The molecule has 2 rings (SSSR count). The zero-order valence-corrected chi connectivity index (χ0v) is 11.7. The summed E-state index contributed by atoms with van der Waals surface area (Å²) in [5.41, 5.74) is 0.161. The van der Waals surface area contributed by atoms with Crippen molar-refractivity contribution in [3.05, 3.63) is 65.5 Å². The lowest BCUT2D eigenvalue weighted by Gasteiger charge is -2.12. The van der Waals surface area contributed by atoms with Crippen LogP contribution < -0.4 is 5.32 Å². The van der Waals surface area contributed by atoms with E-state index in [9.17, 15) is 18.0 Å². The van der Waals surface area contributed by atoms with Crippen LogP contribution in [0.15, 0.2) is 48.8 Å². The predicted octanol–water partition coefficient (Wildman–Crippen LogP) is 4.06. The van der Waals surface area contributed by atoms with Gasteiger partial charge in [0, 0.05) is 24.2 Å². The van der Waals surface area contributed by atoms with Crippen molar-refractivity contribution < 1.29 is 18.0 Å². The molecule has 1 aromatic heterocycles. The highest BCUT2D eigenvalue weighted by molar-refractivity contribution is 6.01. The number of alkyl halides is 3. The Labute approximate surface area is 125 Å². The average molecular weight is 306 g/mol. The molecule has 114 valence electrons. The Hall–Kier alpha value is -2.63. The van der Waals surface area contributed by atoms with Crippen LogP contribution in [0.25, 0.3) is 6.08 Å². The zero-order chi connectivity index (χ0) is 16.2. The van der Waals surface area contributed by atoms with Gasteiger partial charge in [-0.15, -0.1) is 0 Å². The first-order chi connectivity index (χ1) is 10.4. The number of benzene rings is 1. The van der Waals surface area contributed by atoms with Crippen LogP contribution in [0, 0.1) is 6.92 Å². The van der Waals surface area contributed by atoms with E-state index in [1.165, 1.54) is 31.2 Å². The van der Waals surface area contributed by atoms with Gasteiger partial charge < -0.3 is 5.32 Å². The summed E-state index contributed by atoms with van der Waals surface area (Å²) in [6.45, 7) is 1.37. The van der Waals surface area contributed by atoms with Crippen molar-refractivity contribution in [2.45, 2.75) is 13.1 Å². The van der Waals surface area contributed by atoms with E-state index < -0.39 is 17.6 Å². The lowest BCUT2D eigenvalue weighted by Crippen LogP contribution is -2.11. The minimum Gasteiger partial charge on any atom is -0.322 e. The standard InChI is InChI=1S/C16H13F3N2O/c1-11-4-6-13(9-14(11)16(17,18)19)21-15(22)7-5-12-3-2-8-20-10-12/h2-10H,1H3,(H,21,22)/b7-5+. The SMILES string of the molecule is Cc1ccc(NC(=O)/C=C/c2cccnc2)cc1C(F)(F)F. The van der Waals surface area contributed by atoms with Crippen molar-refractivity contribution in [2.24, 2.45) is 0 Å². The molecule has 0 fully saturated rings. The highest BCUT2D eigenvalue weighted by Crippen LogP contribution is 2.33. The van der Waals surface area contributed by atoms with Gasteiger partial charge in [0.15, 0.2) is 0 Å². The number of anilines is 1. The molecule has 1 heterocycles. The van der Waals surface area contributed by atoms with E-state index in [1.54, 1.807) is 24.5 Å². The molecule has 3 nitrogen and oxygen atoms in total. The van der Waals surface area contributed by atoms with Crippen LogP contribution in [0.5, 0.6) is 0 Å². The number of nitrogens with zero attached hydrogens (tertiary/aromatic N) is 1. The van der Waals surface area contributed by atoms with Gasteiger partial charge in [0.25, 0.3) is 0 Å². The van der Waals surface area contributed by atoms with Gasteiger partial charge in [-0.2, -0.15) is 13.2 Å². The molecule has 1 N–H and O–H groups in total. The molecule has 0 saturated carbocycles. The number of halogens is 3. The number of aromatic nitrogens is 1. The van der Waals surface area contributed by atoms with Crippen LogP contribution >= 0.6 is 0 Å². The summed E-state index contributed by atoms with van der Waals surface area (Å²) in [5, 5.41) is 2.41. The van der Waals surface area contributed by atoms with E-state index in [1.807, 2.05) is 0 Å². The zero-order valence-electron chi connectivity index (χ0n) is 11.7. The summed E-state index contributed by atoms with van der Waals surface area (Å²) in [4.78, 5) is 15.6. The number of aryl methyl sites for hydroxylation is 1. The van der Waals surface area contributed by atoms with Crippen molar-refractivity contribution in [1.29, 1.82) is 0 Å². The lowest BCUT2D eigenvalue weighted by atomic mass is 10.1. The van der Waals surface area contributed by atoms with Crippen molar-refractivity contribution in [3.63, 3.8) is 0 Å². The molecular weight excluding hydrogens is 293 g/mol. The van der Waals surface area contributed by atoms with Gasteiger partial charge in [-0.1, -0.05) is 12.1 Å². The molecule has 1 amide bonds. The van der Waals surface area contributed by atoms with Gasteiger partial charge in [-0.25, -0.2) is 0 Å². The van der Waals surface area contributed by atoms with Crippen LogP contribution in [0.1, 0.15) is 16.7 Å². The first-order valence-corrected chi connectivity index (χ1v) is 6.43. The summed E-state index contributed by atoms with van der Waals surface area (Å²) < 4.78 is 38.4. The third-order valence-corrected chi connectivity index (χ3v) is 2.92. The molecule has 22 heavy (non-hydrogen) atoms. The van der Waals surface area contributed by atoms with Crippen LogP contribution in [0.4, 0.5) is 18.9 Å². The smallest absolute Gasteiger partial charge is 0.322 e. The van der Waals surface area contributed by atoms with E-state index in [-0.39, 0.29) is 11.3 Å². The van der Waals surface area contributed by atoms with Gasteiger partial charge in [-0.05, 0) is 42.3 Å². The van der Waals surface area contributed by atoms with Gasteiger partial charge >= 0.3 is 6.18 Å². The molecule has 0 atom stereocenters. The van der Waals surface area contributed by atoms with Gasteiger partial charge in [0.2, 0.25) is 5.91 Å². The Kier molecular flexibility index (Phi) is 4.60. The van der Waals surface area contributed by atoms with E-state index in [0.717, 1.165) is 11.6 Å². The van der Waals surface area contributed by atoms with Gasteiger partial charge in [-0.3, -0.25) is 9.78 Å². The Balaban J connectivity index is 2.11. The number of rotatable bonds is 3. The number of amides is 1. The molecule has 0 unspecified atom stereocenters. The van der Waals surface area contributed by atoms with Crippen LogP contribution in [0.2, 0.25) is 0 Å². The Bertz CT molecular complexity index is 694. The van der Waals surface area contributed by atoms with Crippen molar-refractivity contribution in [3.8, 4) is 0 Å². The quantitative estimate of drug-likeness (QED) is 0.869. The number of hydrogen-bond acceptors (Lipinski definition) is 2. The van der Waals surface area contributed by atoms with E-state index in [2.05, 4.69) is 10.3 Å². The van der Waals surface area contributed by atoms with Crippen LogP contribution in [-0.4, -0.2) is 10.9 Å². The Morgan fingerprint density at radius 1 is 1.27 bits per heavy atom. The first-order valence-electron chi connectivity index (χ1n) is 6.43. The second-order valence-corrected chi connectivity index (χ2v) is 4.64. The van der Waals surface area contributed by atoms with E-state index >= 15 is 0 Å². The van der Waals surface area contributed by atoms with Crippen molar-refractivity contribution in [2.75, 3.05) is 5.32 Å². The van der Waals surface area contributed by atoms with Crippen LogP contribution in [-0.2, 0) is 11.0 Å². The molecule has 1 aromatic carbocycles. The summed E-state index contributed by atoms with van der Waals surface area (Å²) in [6, 6.07) is 7.15. The maximum atomic E-state index is 12.8. The number of carbonyl (C=O) groups is 1. The van der Waals surface area contributed by atoms with E-state index in [4.69, 9.17) is 0 Å². The third-order valence-electron chi connectivity index (χ3n) is 2.92. The number of pyridine rings is 1. The second-order valence-electron chi connectivity index (χ2n) is 4.64. The first kappa shape index (κ1) is 15.8. The maximum absolute atomic E-state index is 12.8. The predicted molar refractivity (Wildman–Crippen MR) is 78.1 cm³/mol. The molecule has 0 aliphatic carbocycles. The topological polar surface area (TPSA) is 42.0 Å². The molecule has 0 spiro atoms. The molecule has 6 heteroatoms. The molecule has 0 aliphatic heterocycles. The fourth-order valence-corrected chi connectivity index (χ4v) is 1.84. The molecule has 0 radical (unpaired) electrons. The average Bonchev–Trinajstić information content (AvgIpc) is 2.47. The largest absolute Gasteiger partial charge is 0.416 e. The molecule has 0 aliphatic rings. The minimum atomic E-state index is -4.45. The molecular formula is C16H13F3N2O. The molecule has 2 aromatic rings. The Morgan fingerprint density at radius 2 is 2.05 bits per heavy atom. The summed E-state index contributed by atoms with van der Waals surface area (Å²) in [7, 11) is 0. The van der Waals surface area contributed by atoms with Gasteiger partial charge in [0.1, 0.15) is 0 Å². The van der Waals surface area contributed by atoms with Crippen LogP contribution in [0.3, 0.4) is 0 Å². The Morgan fingerprint density at radius 3 is 2.68 bits per heavy atom. The highest BCUT2D eigenvalue weighted by atomic mass is 19.4. The summed E-state index contributed by atoms with van der Waals surface area (Å²) in [6.07, 6.45) is 1.49. The summed E-state index contributed by atoms with van der Waals surface area (Å²) >= 11 is 0. The number of carbonyl (C=O) groups excluding carboxylic acids is 1. The third kappa shape index (κ3) is 4.18. The van der Waals surface area contributed by atoms with Crippen molar-refractivity contribution >= 4 is 17.7 Å². The fraction of sp³-hybridized carbons (Fsp3) is 0.125. The number of nitrogens with one attached hydrogen (secondary N) is 1. The molecule has 0 saturated heterocycles. The molecule has 0 bridgehead atoms. The summed E-state index contributed by atoms with van der Waals surface area (Å²) in [5.74, 6) is -0.513. The number of hydrogen-bond donors (Lipinski definition) is 1. The second kappa shape index (κ2) is 6.43. The lowest BCUT2D eigenvalue weighted by molar-refractivity contribution is -0.138. The monoisotopic (exact) mass is 306 g/mol. The minimum absolute atomic E-state index is 0.0961. The van der Waals surface area contributed by atoms with E-state index in [0.29, 0.717) is 0 Å². The van der Waals surface area contributed by atoms with Crippen molar-refractivity contribution in [1.82, 2.24) is 4.98 Å². The van der Waals surface area contributed by atoms with Gasteiger partial charge in [0.05, 0.1) is 5.56 Å².